The molecule has 42 heavy (non-hydrogen) atoms. The third kappa shape index (κ3) is 6.52. The Balaban J connectivity index is 1.17. The Morgan fingerprint density at radius 3 is 2.05 bits per heavy atom. The Morgan fingerprint density at radius 1 is 0.857 bits per heavy atom. The van der Waals surface area contributed by atoms with Gasteiger partial charge in [0.15, 0.2) is 0 Å². The topological polar surface area (TPSA) is 64.2 Å². The highest BCUT2D eigenvalue weighted by atomic mass is 35.5. The number of anilines is 1. The minimum absolute atomic E-state index is 0.0753. The molecule has 3 aliphatic rings. The molecule has 0 aliphatic carbocycles. The second kappa shape index (κ2) is 12.8. The monoisotopic (exact) mass is 592 g/mol. The fourth-order valence-electron chi connectivity index (χ4n) is 7.34. The Labute approximate surface area is 255 Å². The van der Waals surface area contributed by atoms with Crippen LogP contribution in [0.5, 0.6) is 0 Å². The third-order valence-corrected chi connectivity index (χ3v) is 10.0. The van der Waals surface area contributed by atoms with Gasteiger partial charge >= 0.3 is 0 Å². The van der Waals surface area contributed by atoms with E-state index in [1.165, 1.54) is 5.56 Å². The highest BCUT2D eigenvalue weighted by Crippen LogP contribution is 2.33. The Hall–Kier alpha value is -2.90. The van der Waals surface area contributed by atoms with Crippen molar-refractivity contribution < 1.29 is 14.4 Å². The number of nitrogens with zero attached hydrogens (tertiary/aromatic N) is 4. The Bertz CT molecular complexity index is 1320. The van der Waals surface area contributed by atoms with Crippen LogP contribution in [0, 0.1) is 45.4 Å². The van der Waals surface area contributed by atoms with Crippen molar-refractivity contribution in [3.05, 3.63) is 63.2 Å². The van der Waals surface area contributed by atoms with Gasteiger partial charge in [0.1, 0.15) is 0 Å². The van der Waals surface area contributed by atoms with E-state index in [2.05, 4.69) is 28.9 Å². The van der Waals surface area contributed by atoms with Crippen LogP contribution >= 0.6 is 11.6 Å². The summed E-state index contributed by atoms with van der Waals surface area (Å²) >= 11 is 6.47. The molecule has 2 aromatic carbocycles. The molecule has 2 aromatic rings. The van der Waals surface area contributed by atoms with Gasteiger partial charge < -0.3 is 19.6 Å². The largest absolute Gasteiger partial charge is 0.343 e. The molecule has 3 amide bonds. The molecule has 8 heteroatoms. The van der Waals surface area contributed by atoms with E-state index in [1.54, 1.807) is 6.92 Å². The van der Waals surface area contributed by atoms with Gasteiger partial charge in [-0.05, 0) is 94.2 Å². The molecule has 2 atom stereocenters. The summed E-state index contributed by atoms with van der Waals surface area (Å²) in [4.78, 5) is 47.3. The molecule has 0 radical (unpaired) electrons. The average Bonchev–Trinajstić information content (AvgIpc) is 3.51. The van der Waals surface area contributed by atoms with Crippen LogP contribution in [0.2, 0.25) is 5.02 Å². The quantitative estimate of drug-likeness (QED) is 0.440. The van der Waals surface area contributed by atoms with Crippen molar-refractivity contribution in [3.63, 3.8) is 0 Å². The number of likely N-dealkylation sites (tertiary alicyclic amines) is 3. The van der Waals surface area contributed by atoms with E-state index in [9.17, 15) is 14.4 Å². The highest BCUT2D eigenvalue weighted by Gasteiger charge is 2.42. The van der Waals surface area contributed by atoms with Crippen LogP contribution in [0.25, 0.3) is 0 Å². The molecule has 0 saturated carbocycles. The molecule has 0 aromatic heterocycles. The zero-order chi connectivity index (χ0) is 30.1. The molecule has 0 N–H and O–H groups in total. The van der Waals surface area contributed by atoms with E-state index < -0.39 is 0 Å². The van der Waals surface area contributed by atoms with Crippen LogP contribution in [0.1, 0.15) is 58.8 Å². The SMILES string of the molecule is CC(=O)N1CCC(C(=O)N(CCCN2CC3CN(C(=O)c4c(C)cc(C)cc4C)CC3C2)c2ccc(C)c(Cl)c2)CC1. The summed E-state index contributed by atoms with van der Waals surface area (Å²) in [5, 5.41) is 0.666. The first-order chi connectivity index (χ1) is 20.0. The number of hydrogen-bond donors (Lipinski definition) is 0. The maximum absolute atomic E-state index is 13.8. The van der Waals surface area contributed by atoms with Gasteiger partial charge in [0, 0.05) is 74.9 Å². The van der Waals surface area contributed by atoms with E-state index in [0.717, 1.165) is 67.1 Å². The van der Waals surface area contributed by atoms with Gasteiger partial charge in [-0.2, -0.15) is 0 Å². The molecule has 226 valence electrons. The second-order valence-corrected chi connectivity index (χ2v) is 13.2. The highest BCUT2D eigenvalue weighted by molar-refractivity contribution is 6.31. The number of carbonyl (C=O) groups is 3. The molecular weight excluding hydrogens is 548 g/mol. The number of carbonyl (C=O) groups excluding carboxylic acids is 3. The van der Waals surface area contributed by atoms with Gasteiger partial charge in [0.25, 0.3) is 5.91 Å². The summed E-state index contributed by atoms with van der Waals surface area (Å²) in [6.45, 7) is 16.2. The van der Waals surface area contributed by atoms with Crippen molar-refractivity contribution in [1.29, 1.82) is 0 Å². The normalized spacial score (nSPS) is 21.1. The van der Waals surface area contributed by atoms with Crippen molar-refractivity contribution in [3.8, 4) is 0 Å². The smallest absolute Gasteiger partial charge is 0.254 e. The maximum Gasteiger partial charge on any atom is 0.254 e. The zero-order valence-electron chi connectivity index (χ0n) is 25.8. The molecular formula is C34H45ClN4O3. The number of rotatable bonds is 7. The van der Waals surface area contributed by atoms with Crippen molar-refractivity contribution in [2.45, 2.75) is 53.9 Å². The van der Waals surface area contributed by atoms with E-state index in [-0.39, 0.29) is 23.6 Å². The molecule has 3 fully saturated rings. The van der Waals surface area contributed by atoms with Crippen LogP contribution in [0.3, 0.4) is 0 Å². The summed E-state index contributed by atoms with van der Waals surface area (Å²) in [6, 6.07) is 10.1. The Kier molecular flexibility index (Phi) is 9.28. The number of amides is 3. The lowest BCUT2D eigenvalue weighted by Crippen LogP contribution is -2.44. The van der Waals surface area contributed by atoms with Crippen molar-refractivity contribution in [1.82, 2.24) is 14.7 Å². The summed E-state index contributed by atoms with van der Waals surface area (Å²) in [7, 11) is 0. The van der Waals surface area contributed by atoms with Crippen LogP contribution in [0.4, 0.5) is 5.69 Å². The fraction of sp³-hybridized carbons (Fsp3) is 0.559. The minimum Gasteiger partial charge on any atom is -0.343 e. The van der Waals surface area contributed by atoms with E-state index in [1.807, 2.05) is 48.8 Å². The lowest BCUT2D eigenvalue weighted by molar-refractivity contribution is -0.133. The number of benzene rings is 2. The molecule has 2 unspecified atom stereocenters. The Morgan fingerprint density at radius 2 is 1.48 bits per heavy atom. The lowest BCUT2D eigenvalue weighted by atomic mass is 9.94. The zero-order valence-corrected chi connectivity index (χ0v) is 26.5. The minimum atomic E-state index is -0.0869. The molecule has 0 spiro atoms. The van der Waals surface area contributed by atoms with E-state index >= 15 is 0 Å². The number of halogens is 1. The first-order valence-electron chi connectivity index (χ1n) is 15.4. The third-order valence-electron chi connectivity index (χ3n) is 9.62. The van der Waals surface area contributed by atoms with Crippen molar-refractivity contribution in [2.24, 2.45) is 17.8 Å². The van der Waals surface area contributed by atoms with E-state index in [4.69, 9.17) is 11.6 Å². The maximum atomic E-state index is 13.8. The number of hydrogen-bond acceptors (Lipinski definition) is 4. The summed E-state index contributed by atoms with van der Waals surface area (Å²) in [6.07, 6.45) is 2.26. The van der Waals surface area contributed by atoms with Crippen LogP contribution in [-0.2, 0) is 9.59 Å². The van der Waals surface area contributed by atoms with Crippen LogP contribution in [0.15, 0.2) is 30.3 Å². The van der Waals surface area contributed by atoms with Gasteiger partial charge in [-0.1, -0.05) is 35.4 Å². The van der Waals surface area contributed by atoms with Gasteiger partial charge in [-0.3, -0.25) is 14.4 Å². The average molecular weight is 593 g/mol. The molecule has 3 saturated heterocycles. The van der Waals surface area contributed by atoms with Gasteiger partial charge in [-0.25, -0.2) is 0 Å². The van der Waals surface area contributed by atoms with Gasteiger partial charge in [0.2, 0.25) is 11.8 Å². The lowest BCUT2D eigenvalue weighted by Gasteiger charge is -2.34. The van der Waals surface area contributed by atoms with Gasteiger partial charge in [0.05, 0.1) is 0 Å². The predicted octanol–water partition coefficient (Wildman–Crippen LogP) is 5.26. The molecule has 5 rings (SSSR count). The van der Waals surface area contributed by atoms with E-state index in [0.29, 0.717) is 49.3 Å². The molecule has 3 heterocycles. The fourth-order valence-corrected chi connectivity index (χ4v) is 7.52. The van der Waals surface area contributed by atoms with Crippen molar-refractivity contribution >= 4 is 35.0 Å². The first kappa shape index (κ1) is 30.6. The van der Waals surface area contributed by atoms with Gasteiger partial charge in [-0.15, -0.1) is 0 Å². The molecule has 0 bridgehead atoms. The van der Waals surface area contributed by atoms with Crippen LogP contribution in [-0.4, -0.2) is 84.8 Å². The predicted molar refractivity (Wildman–Crippen MR) is 168 cm³/mol. The number of aryl methyl sites for hydroxylation is 4. The summed E-state index contributed by atoms with van der Waals surface area (Å²) < 4.78 is 0. The number of fused-ring (bicyclic) bond motifs is 1. The second-order valence-electron chi connectivity index (χ2n) is 12.8. The standard InChI is InChI=1S/C34H45ClN4O3/c1-22-15-24(3)32(25(4)16-22)34(42)38-20-28-18-36(19-29(28)21-38)11-6-12-39(30-8-7-23(2)31(35)17-30)33(41)27-9-13-37(14-10-27)26(5)40/h7-8,15-17,27-29H,6,9-14,18-21H2,1-5H3. The first-order valence-corrected chi connectivity index (χ1v) is 15.8. The molecule has 3 aliphatic heterocycles. The van der Waals surface area contributed by atoms with Crippen LogP contribution < -0.4 is 4.90 Å². The summed E-state index contributed by atoms with van der Waals surface area (Å²) in [5.41, 5.74) is 6.03. The molecule has 7 nitrogen and oxygen atoms in total. The summed E-state index contributed by atoms with van der Waals surface area (Å²) in [5.74, 6) is 1.29. The van der Waals surface area contributed by atoms with Crippen molar-refractivity contribution in [2.75, 3.05) is 57.3 Å². The number of piperidine rings is 1.